The van der Waals surface area contributed by atoms with E-state index in [0.29, 0.717) is 5.56 Å². The van der Waals surface area contributed by atoms with Crippen molar-refractivity contribution in [3.8, 4) is 5.75 Å². The molecule has 0 aromatic heterocycles. The minimum Gasteiger partial charge on any atom is -0.502 e. The molecule has 0 aliphatic carbocycles. The van der Waals surface area contributed by atoms with Crippen molar-refractivity contribution in [3.05, 3.63) is 33.9 Å². The molecule has 19 heavy (non-hydrogen) atoms. The SMILES string of the molecule is CN1CCN(C(=N)c2ccc(O)c([N+](=O)[O-])c2)CC1. The molecule has 1 saturated heterocycles. The number of phenols is 1. The number of nitro benzene ring substituents is 1. The van der Waals surface area contributed by atoms with E-state index >= 15 is 0 Å². The van der Waals surface area contributed by atoms with Gasteiger partial charge < -0.3 is 14.9 Å². The quantitative estimate of drug-likeness (QED) is 0.358. The average molecular weight is 264 g/mol. The van der Waals surface area contributed by atoms with Gasteiger partial charge in [0.2, 0.25) is 0 Å². The zero-order valence-electron chi connectivity index (χ0n) is 10.7. The van der Waals surface area contributed by atoms with Crippen molar-refractivity contribution in [1.29, 1.82) is 5.41 Å². The number of aromatic hydroxyl groups is 1. The van der Waals surface area contributed by atoms with E-state index in [-0.39, 0.29) is 17.3 Å². The Bertz CT molecular complexity index is 510. The Labute approximate surface area is 110 Å². The van der Waals surface area contributed by atoms with Crippen molar-refractivity contribution in [2.24, 2.45) is 0 Å². The van der Waals surface area contributed by atoms with Crippen molar-refractivity contribution >= 4 is 11.5 Å². The van der Waals surface area contributed by atoms with Gasteiger partial charge in [-0.15, -0.1) is 0 Å². The molecule has 1 aliphatic heterocycles. The molecule has 0 unspecified atom stereocenters. The molecule has 2 N–H and O–H groups in total. The normalized spacial score (nSPS) is 16.4. The van der Waals surface area contributed by atoms with Gasteiger partial charge in [-0.1, -0.05) is 0 Å². The standard InChI is InChI=1S/C12H16N4O3/c1-14-4-6-15(7-5-14)12(13)9-2-3-11(17)10(8-9)16(18)19/h2-3,8,13,17H,4-7H2,1H3. The first-order chi connectivity index (χ1) is 8.99. The van der Waals surface area contributed by atoms with Crippen LogP contribution in [0.15, 0.2) is 18.2 Å². The zero-order chi connectivity index (χ0) is 14.0. The van der Waals surface area contributed by atoms with Crippen LogP contribution in [0.25, 0.3) is 0 Å². The molecule has 2 rings (SSSR count). The topological polar surface area (TPSA) is 93.7 Å². The number of nitro groups is 1. The average Bonchev–Trinajstić information content (AvgIpc) is 2.39. The fourth-order valence-corrected chi connectivity index (χ4v) is 2.03. The van der Waals surface area contributed by atoms with Gasteiger partial charge in [0, 0.05) is 37.8 Å². The molecular weight excluding hydrogens is 248 g/mol. The van der Waals surface area contributed by atoms with Crippen LogP contribution in [-0.4, -0.2) is 58.9 Å². The molecule has 0 spiro atoms. The van der Waals surface area contributed by atoms with Crippen molar-refractivity contribution < 1.29 is 10.0 Å². The van der Waals surface area contributed by atoms with Gasteiger partial charge >= 0.3 is 5.69 Å². The summed E-state index contributed by atoms with van der Waals surface area (Å²) in [6, 6.07) is 4.04. The smallest absolute Gasteiger partial charge is 0.311 e. The summed E-state index contributed by atoms with van der Waals surface area (Å²) >= 11 is 0. The van der Waals surface area contributed by atoms with Crippen LogP contribution in [0.4, 0.5) is 5.69 Å². The molecule has 7 nitrogen and oxygen atoms in total. The van der Waals surface area contributed by atoms with Crippen molar-refractivity contribution in [1.82, 2.24) is 9.80 Å². The van der Waals surface area contributed by atoms with Crippen molar-refractivity contribution in [2.45, 2.75) is 0 Å². The van der Waals surface area contributed by atoms with E-state index in [0.717, 1.165) is 26.2 Å². The lowest BCUT2D eigenvalue weighted by molar-refractivity contribution is -0.385. The van der Waals surface area contributed by atoms with Gasteiger partial charge in [-0.05, 0) is 19.2 Å². The number of nitrogens with zero attached hydrogens (tertiary/aromatic N) is 3. The number of nitrogens with one attached hydrogen (secondary N) is 1. The number of rotatable bonds is 2. The Kier molecular flexibility index (Phi) is 3.66. The summed E-state index contributed by atoms with van der Waals surface area (Å²) in [5.74, 6) is -0.115. The van der Waals surface area contributed by atoms with E-state index in [1.807, 2.05) is 11.9 Å². The molecule has 1 aromatic rings. The van der Waals surface area contributed by atoms with Gasteiger partial charge in [-0.25, -0.2) is 0 Å². The number of hydrogen-bond donors (Lipinski definition) is 2. The highest BCUT2D eigenvalue weighted by Crippen LogP contribution is 2.26. The van der Waals surface area contributed by atoms with E-state index < -0.39 is 4.92 Å². The highest BCUT2D eigenvalue weighted by atomic mass is 16.6. The third kappa shape index (κ3) is 2.82. The van der Waals surface area contributed by atoms with Crippen LogP contribution in [0, 0.1) is 15.5 Å². The van der Waals surface area contributed by atoms with Crippen LogP contribution in [-0.2, 0) is 0 Å². The lowest BCUT2D eigenvalue weighted by atomic mass is 10.1. The van der Waals surface area contributed by atoms with Gasteiger partial charge in [0.15, 0.2) is 5.75 Å². The molecule has 1 heterocycles. The summed E-state index contributed by atoms with van der Waals surface area (Å²) in [6.45, 7) is 3.18. The van der Waals surface area contributed by atoms with Gasteiger partial charge in [0.05, 0.1) is 4.92 Å². The van der Waals surface area contributed by atoms with Crippen LogP contribution < -0.4 is 0 Å². The first-order valence-corrected chi connectivity index (χ1v) is 5.99. The molecule has 102 valence electrons. The van der Waals surface area contributed by atoms with Gasteiger partial charge in [-0.3, -0.25) is 15.5 Å². The Balaban J connectivity index is 2.20. The lowest BCUT2D eigenvalue weighted by Gasteiger charge is -2.34. The molecule has 0 atom stereocenters. The predicted octanol–water partition coefficient (Wildman–Crippen LogP) is 0.873. The molecule has 0 amide bonds. The maximum Gasteiger partial charge on any atom is 0.311 e. The van der Waals surface area contributed by atoms with Crippen LogP contribution >= 0.6 is 0 Å². The summed E-state index contributed by atoms with van der Waals surface area (Å²) < 4.78 is 0. The minimum absolute atomic E-state index is 0.260. The first kappa shape index (κ1) is 13.3. The fourth-order valence-electron chi connectivity index (χ4n) is 2.03. The number of likely N-dealkylation sites (N-methyl/N-ethyl adjacent to an activating group) is 1. The van der Waals surface area contributed by atoms with Crippen LogP contribution in [0.3, 0.4) is 0 Å². The van der Waals surface area contributed by atoms with Gasteiger partial charge in [0.25, 0.3) is 0 Å². The molecule has 1 fully saturated rings. The van der Waals surface area contributed by atoms with Crippen LogP contribution in [0.1, 0.15) is 5.56 Å². The van der Waals surface area contributed by atoms with E-state index in [2.05, 4.69) is 4.90 Å². The summed E-state index contributed by atoms with van der Waals surface area (Å²) in [5.41, 5.74) is 0.0884. The van der Waals surface area contributed by atoms with Crippen LogP contribution in [0.2, 0.25) is 0 Å². The lowest BCUT2D eigenvalue weighted by Crippen LogP contribution is -2.47. The second-order valence-electron chi connectivity index (χ2n) is 4.60. The number of piperazine rings is 1. The third-order valence-electron chi connectivity index (χ3n) is 3.27. The van der Waals surface area contributed by atoms with E-state index in [1.54, 1.807) is 0 Å². The summed E-state index contributed by atoms with van der Waals surface area (Å²) in [7, 11) is 2.02. The summed E-state index contributed by atoms with van der Waals surface area (Å²) in [6.07, 6.45) is 0. The molecule has 7 heteroatoms. The number of amidine groups is 1. The van der Waals surface area contributed by atoms with Crippen molar-refractivity contribution in [2.75, 3.05) is 33.2 Å². The van der Waals surface area contributed by atoms with E-state index in [4.69, 9.17) is 5.41 Å². The van der Waals surface area contributed by atoms with Gasteiger partial charge in [0.1, 0.15) is 5.84 Å². The molecular formula is C12H16N4O3. The molecule has 1 aliphatic rings. The third-order valence-corrected chi connectivity index (χ3v) is 3.27. The number of benzene rings is 1. The Morgan fingerprint density at radius 1 is 1.37 bits per heavy atom. The minimum atomic E-state index is -0.643. The summed E-state index contributed by atoms with van der Waals surface area (Å²) in [5, 5.41) is 28.3. The Morgan fingerprint density at radius 3 is 2.58 bits per heavy atom. The first-order valence-electron chi connectivity index (χ1n) is 5.99. The van der Waals surface area contributed by atoms with Crippen LogP contribution in [0.5, 0.6) is 5.75 Å². The maximum absolute atomic E-state index is 10.8. The molecule has 0 radical (unpaired) electrons. The van der Waals surface area contributed by atoms with Gasteiger partial charge in [-0.2, -0.15) is 0 Å². The second kappa shape index (κ2) is 5.23. The molecule has 0 saturated carbocycles. The second-order valence-corrected chi connectivity index (χ2v) is 4.60. The van der Waals surface area contributed by atoms with E-state index in [1.165, 1.54) is 18.2 Å². The fraction of sp³-hybridized carbons (Fsp3) is 0.417. The zero-order valence-corrected chi connectivity index (χ0v) is 10.7. The summed E-state index contributed by atoms with van der Waals surface area (Å²) in [4.78, 5) is 14.2. The largest absolute Gasteiger partial charge is 0.502 e. The Morgan fingerprint density at radius 2 is 2.00 bits per heavy atom. The molecule has 0 bridgehead atoms. The number of phenolic OH excluding ortho intramolecular Hbond substituents is 1. The highest BCUT2D eigenvalue weighted by Gasteiger charge is 2.20. The Hall–Kier alpha value is -2.15. The van der Waals surface area contributed by atoms with E-state index in [9.17, 15) is 15.2 Å². The predicted molar refractivity (Wildman–Crippen MR) is 70.7 cm³/mol. The maximum atomic E-state index is 10.8. The molecule has 1 aromatic carbocycles. The highest BCUT2D eigenvalue weighted by molar-refractivity contribution is 5.97. The monoisotopic (exact) mass is 264 g/mol. The number of hydrogen-bond acceptors (Lipinski definition) is 5. The van der Waals surface area contributed by atoms with Crippen molar-refractivity contribution in [3.63, 3.8) is 0 Å².